The van der Waals surface area contributed by atoms with Gasteiger partial charge < -0.3 is 9.15 Å². The Hall–Kier alpha value is -2.43. The Morgan fingerprint density at radius 2 is 2.05 bits per heavy atom. The molecule has 1 aromatic carbocycles. The van der Waals surface area contributed by atoms with Gasteiger partial charge in [-0.3, -0.25) is 9.59 Å². The maximum absolute atomic E-state index is 11.5. The normalized spacial score (nSPS) is 10.4. The van der Waals surface area contributed by atoms with E-state index in [1.165, 1.54) is 20.1 Å². The van der Waals surface area contributed by atoms with Crippen molar-refractivity contribution in [2.24, 2.45) is 0 Å². The number of methoxy groups -OCH3 is 1. The average Bonchev–Trinajstić information content (AvgIpc) is 2.37. The van der Waals surface area contributed by atoms with E-state index in [0.29, 0.717) is 16.5 Å². The molecule has 0 saturated carbocycles. The molecule has 2 aromatic rings. The quantitative estimate of drug-likeness (QED) is 0.477. The van der Waals surface area contributed by atoms with Crippen LogP contribution < -0.4 is 5.63 Å². The van der Waals surface area contributed by atoms with Gasteiger partial charge in [-0.1, -0.05) is 12.1 Å². The summed E-state index contributed by atoms with van der Waals surface area (Å²) in [5.41, 5.74) is 0.420. The van der Waals surface area contributed by atoms with Crippen molar-refractivity contribution in [3.63, 3.8) is 0 Å². The third-order valence-electron chi connectivity index (χ3n) is 2.80. The number of para-hydroxylation sites is 1. The van der Waals surface area contributed by atoms with E-state index in [1.807, 2.05) is 0 Å². The van der Waals surface area contributed by atoms with Crippen molar-refractivity contribution in [3.8, 4) is 0 Å². The zero-order valence-corrected chi connectivity index (χ0v) is 10.6. The van der Waals surface area contributed by atoms with Gasteiger partial charge in [0, 0.05) is 11.5 Å². The lowest BCUT2D eigenvalue weighted by Gasteiger charge is -2.06. The molecular formula is C14H12O5. The number of carbonyl (C=O) groups is 2. The minimum Gasteiger partial charge on any atom is -0.469 e. The molecule has 0 aliphatic rings. The fourth-order valence-electron chi connectivity index (χ4n) is 1.90. The number of benzene rings is 1. The van der Waals surface area contributed by atoms with E-state index in [-0.39, 0.29) is 17.8 Å². The van der Waals surface area contributed by atoms with Crippen LogP contribution >= 0.6 is 0 Å². The third-order valence-corrected chi connectivity index (χ3v) is 2.80. The Morgan fingerprint density at radius 1 is 1.32 bits per heavy atom. The van der Waals surface area contributed by atoms with Crippen LogP contribution in [0.2, 0.25) is 0 Å². The van der Waals surface area contributed by atoms with Crippen LogP contribution in [0.25, 0.3) is 11.0 Å². The van der Waals surface area contributed by atoms with E-state index in [9.17, 15) is 14.4 Å². The molecule has 0 radical (unpaired) electrons. The molecule has 0 saturated heterocycles. The van der Waals surface area contributed by atoms with Gasteiger partial charge in [0.15, 0.2) is 5.78 Å². The monoisotopic (exact) mass is 260 g/mol. The van der Waals surface area contributed by atoms with Crippen LogP contribution in [-0.4, -0.2) is 18.9 Å². The van der Waals surface area contributed by atoms with Crippen molar-refractivity contribution >= 4 is 22.7 Å². The largest absolute Gasteiger partial charge is 0.469 e. The summed E-state index contributed by atoms with van der Waals surface area (Å²) in [6, 6.07) is 6.20. The molecule has 5 nitrogen and oxygen atoms in total. The van der Waals surface area contributed by atoms with Gasteiger partial charge in [-0.25, -0.2) is 4.79 Å². The first kappa shape index (κ1) is 13.0. The molecule has 19 heavy (non-hydrogen) atoms. The number of hydrogen-bond donors (Lipinski definition) is 0. The second-order valence-corrected chi connectivity index (χ2v) is 4.08. The molecule has 0 aliphatic carbocycles. The number of rotatable bonds is 3. The predicted octanol–water partition coefficient (Wildman–Crippen LogP) is 1.71. The Morgan fingerprint density at radius 3 is 2.68 bits per heavy atom. The Kier molecular flexibility index (Phi) is 3.46. The zero-order valence-electron chi connectivity index (χ0n) is 10.6. The van der Waals surface area contributed by atoms with E-state index >= 15 is 0 Å². The molecule has 1 heterocycles. The summed E-state index contributed by atoms with van der Waals surface area (Å²) in [5, 5.41) is 0.567. The summed E-state index contributed by atoms with van der Waals surface area (Å²) in [6.45, 7) is 1.39. The fraction of sp³-hybridized carbons (Fsp3) is 0.214. The first-order valence-corrected chi connectivity index (χ1v) is 5.66. The number of fused-ring (bicyclic) bond motifs is 1. The number of esters is 1. The van der Waals surface area contributed by atoms with Crippen LogP contribution in [0, 0.1) is 0 Å². The van der Waals surface area contributed by atoms with Gasteiger partial charge in [0.05, 0.1) is 19.1 Å². The highest BCUT2D eigenvalue weighted by Gasteiger charge is 2.14. The average molecular weight is 260 g/mol. The minimum atomic E-state index is -0.597. The van der Waals surface area contributed by atoms with Gasteiger partial charge in [0.25, 0.3) is 0 Å². The topological polar surface area (TPSA) is 73.6 Å². The van der Waals surface area contributed by atoms with Crippen LogP contribution in [0.1, 0.15) is 22.8 Å². The molecule has 0 amide bonds. The second kappa shape index (κ2) is 5.06. The van der Waals surface area contributed by atoms with Gasteiger partial charge in [-0.05, 0) is 18.6 Å². The fourth-order valence-corrected chi connectivity index (χ4v) is 1.90. The first-order valence-electron chi connectivity index (χ1n) is 5.66. The van der Waals surface area contributed by atoms with Crippen molar-refractivity contribution in [2.45, 2.75) is 13.3 Å². The van der Waals surface area contributed by atoms with Gasteiger partial charge in [0.2, 0.25) is 0 Å². The highest BCUT2D eigenvalue weighted by Crippen LogP contribution is 2.21. The van der Waals surface area contributed by atoms with E-state index in [0.717, 1.165) is 0 Å². The van der Waals surface area contributed by atoms with Gasteiger partial charge >= 0.3 is 11.6 Å². The molecule has 2 rings (SSSR count). The summed E-state index contributed by atoms with van der Waals surface area (Å²) < 4.78 is 9.66. The summed E-state index contributed by atoms with van der Waals surface area (Å²) in [7, 11) is 1.27. The lowest BCUT2D eigenvalue weighted by atomic mass is 10.0. The van der Waals surface area contributed by atoms with Crippen molar-refractivity contribution in [2.75, 3.05) is 7.11 Å². The standard InChI is InChI=1S/C14H12O5/c1-8(15)10-4-3-5-11-9(6-12(16)18-2)7-13(17)19-14(10)11/h3-5,7H,6H2,1-2H3. The number of carbonyl (C=O) groups excluding carboxylic acids is 2. The number of ketones is 1. The Labute approximate surface area is 108 Å². The smallest absolute Gasteiger partial charge is 0.336 e. The molecule has 0 atom stereocenters. The lowest BCUT2D eigenvalue weighted by Crippen LogP contribution is -2.09. The Bertz CT molecular complexity index is 711. The van der Waals surface area contributed by atoms with Crippen molar-refractivity contribution in [1.29, 1.82) is 0 Å². The predicted molar refractivity (Wildman–Crippen MR) is 68.2 cm³/mol. The highest BCUT2D eigenvalue weighted by molar-refractivity contribution is 6.05. The molecule has 5 heteroatoms. The van der Waals surface area contributed by atoms with E-state index in [1.54, 1.807) is 18.2 Å². The summed E-state index contributed by atoms with van der Waals surface area (Å²) in [4.78, 5) is 34.4. The van der Waals surface area contributed by atoms with E-state index < -0.39 is 11.6 Å². The molecule has 1 aromatic heterocycles. The molecule has 0 unspecified atom stereocenters. The number of ether oxygens (including phenoxy) is 1. The first-order chi connectivity index (χ1) is 9.02. The molecule has 0 fully saturated rings. The highest BCUT2D eigenvalue weighted by atomic mass is 16.5. The van der Waals surface area contributed by atoms with E-state index in [4.69, 9.17) is 4.42 Å². The van der Waals surface area contributed by atoms with Crippen molar-refractivity contribution in [1.82, 2.24) is 0 Å². The van der Waals surface area contributed by atoms with Crippen molar-refractivity contribution < 1.29 is 18.7 Å². The third kappa shape index (κ3) is 2.54. The van der Waals surface area contributed by atoms with Gasteiger partial charge in [-0.2, -0.15) is 0 Å². The van der Waals surface area contributed by atoms with Crippen LogP contribution in [0.4, 0.5) is 0 Å². The SMILES string of the molecule is COC(=O)Cc1cc(=O)oc2c(C(C)=O)cccc12. The molecule has 0 spiro atoms. The summed E-state index contributed by atoms with van der Waals surface area (Å²) in [5.74, 6) is -0.663. The Balaban J connectivity index is 2.72. The molecule has 98 valence electrons. The van der Waals surface area contributed by atoms with Crippen LogP contribution in [0.3, 0.4) is 0 Å². The van der Waals surface area contributed by atoms with Crippen molar-refractivity contribution in [3.05, 3.63) is 45.8 Å². The number of hydrogen-bond acceptors (Lipinski definition) is 5. The maximum atomic E-state index is 11.5. The maximum Gasteiger partial charge on any atom is 0.336 e. The summed E-state index contributed by atoms with van der Waals surface area (Å²) in [6.07, 6.45) is -0.0417. The van der Waals surface area contributed by atoms with E-state index in [2.05, 4.69) is 4.74 Å². The van der Waals surface area contributed by atoms with Crippen LogP contribution in [0.5, 0.6) is 0 Å². The molecule has 0 bridgehead atoms. The number of Topliss-reactive ketones (excluding diaryl/α,β-unsaturated/α-hetero) is 1. The van der Waals surface area contributed by atoms with Crippen LogP contribution in [-0.2, 0) is 16.0 Å². The second-order valence-electron chi connectivity index (χ2n) is 4.08. The molecular weight excluding hydrogens is 248 g/mol. The molecule has 0 aliphatic heterocycles. The summed E-state index contributed by atoms with van der Waals surface area (Å²) >= 11 is 0. The van der Waals surface area contributed by atoms with Gasteiger partial charge in [-0.15, -0.1) is 0 Å². The van der Waals surface area contributed by atoms with Gasteiger partial charge in [0.1, 0.15) is 5.58 Å². The van der Waals surface area contributed by atoms with Crippen LogP contribution in [0.15, 0.2) is 33.5 Å². The lowest BCUT2D eigenvalue weighted by molar-refractivity contribution is -0.139. The zero-order chi connectivity index (χ0) is 14.0. The molecule has 0 N–H and O–H groups in total. The minimum absolute atomic E-state index is 0.0417.